The van der Waals surface area contributed by atoms with Crippen molar-refractivity contribution in [1.29, 1.82) is 0 Å². The smallest absolute Gasteiger partial charge is 0.283 e. The molecule has 100 valence electrons. The average molecular weight is 289 g/mol. The Hall–Kier alpha value is -1.07. The Kier molecular flexibility index (Phi) is 5.16. The van der Waals surface area contributed by atoms with Crippen molar-refractivity contribution in [3.8, 4) is 0 Å². The summed E-state index contributed by atoms with van der Waals surface area (Å²) in [6, 6.07) is 5.99. The fourth-order valence-corrected chi connectivity index (χ4v) is 2.75. The molecular formula is C12H17ClN2O2S. The largest absolute Gasteiger partial charge is 0.360 e. The molecule has 0 N–H and O–H groups in total. The third kappa shape index (κ3) is 3.71. The second kappa shape index (κ2) is 6.20. The summed E-state index contributed by atoms with van der Waals surface area (Å²) in [7, 11) is -3.65. The van der Waals surface area contributed by atoms with Crippen LogP contribution in [0.15, 0.2) is 33.6 Å². The van der Waals surface area contributed by atoms with Crippen molar-refractivity contribution in [3.63, 3.8) is 0 Å². The molecule has 6 heteroatoms. The Balaban J connectivity index is 3.08. The first-order valence-electron chi connectivity index (χ1n) is 5.72. The lowest BCUT2D eigenvalue weighted by Crippen LogP contribution is -2.29. The molecule has 0 aliphatic heterocycles. The summed E-state index contributed by atoms with van der Waals surface area (Å²) in [5.41, 5.74) is 0. The molecule has 18 heavy (non-hydrogen) atoms. The maximum atomic E-state index is 12.0. The summed E-state index contributed by atoms with van der Waals surface area (Å²) in [5, 5.41) is 0.499. The van der Waals surface area contributed by atoms with Crippen molar-refractivity contribution in [2.24, 2.45) is 4.40 Å². The van der Waals surface area contributed by atoms with Gasteiger partial charge in [0, 0.05) is 18.1 Å². The molecule has 0 unspecified atom stereocenters. The minimum Gasteiger partial charge on any atom is -0.360 e. The van der Waals surface area contributed by atoms with Gasteiger partial charge in [0.1, 0.15) is 5.84 Å². The molecule has 1 aromatic rings. The van der Waals surface area contributed by atoms with E-state index in [1.54, 1.807) is 6.92 Å². The van der Waals surface area contributed by atoms with E-state index in [9.17, 15) is 8.42 Å². The minimum absolute atomic E-state index is 0.151. The Morgan fingerprint density at radius 3 is 2.17 bits per heavy atom. The van der Waals surface area contributed by atoms with Gasteiger partial charge in [-0.15, -0.1) is 4.40 Å². The van der Waals surface area contributed by atoms with Gasteiger partial charge in [-0.25, -0.2) is 0 Å². The zero-order chi connectivity index (χ0) is 13.8. The molecule has 1 aromatic carbocycles. The van der Waals surface area contributed by atoms with Gasteiger partial charge in [-0.2, -0.15) is 8.42 Å². The molecule has 0 aliphatic carbocycles. The van der Waals surface area contributed by atoms with Crippen LogP contribution < -0.4 is 0 Å². The number of hydrogen-bond acceptors (Lipinski definition) is 2. The van der Waals surface area contributed by atoms with Crippen LogP contribution in [0.25, 0.3) is 0 Å². The quantitative estimate of drug-likeness (QED) is 0.632. The number of nitrogens with zero attached hydrogens (tertiary/aromatic N) is 2. The van der Waals surface area contributed by atoms with Crippen LogP contribution in [0.1, 0.15) is 20.8 Å². The van der Waals surface area contributed by atoms with E-state index in [-0.39, 0.29) is 4.90 Å². The fourth-order valence-electron chi connectivity index (χ4n) is 1.57. The monoisotopic (exact) mass is 288 g/mol. The van der Waals surface area contributed by atoms with Gasteiger partial charge in [-0.1, -0.05) is 11.6 Å². The molecule has 0 aromatic heterocycles. The SMILES string of the molecule is CCN(CC)/C(C)=N\S(=O)(=O)c1ccc(Cl)cc1. The highest BCUT2D eigenvalue weighted by atomic mass is 35.5. The average Bonchev–Trinajstić information content (AvgIpc) is 2.30. The molecular weight excluding hydrogens is 272 g/mol. The van der Waals surface area contributed by atoms with Gasteiger partial charge < -0.3 is 4.90 Å². The predicted molar refractivity (Wildman–Crippen MR) is 74.7 cm³/mol. The van der Waals surface area contributed by atoms with Crippen molar-refractivity contribution in [2.75, 3.05) is 13.1 Å². The first-order valence-corrected chi connectivity index (χ1v) is 7.54. The highest BCUT2D eigenvalue weighted by molar-refractivity contribution is 7.90. The lowest BCUT2D eigenvalue weighted by atomic mass is 10.4. The summed E-state index contributed by atoms with van der Waals surface area (Å²) in [6.45, 7) is 7.05. The standard InChI is InChI=1S/C12H17ClN2O2S/c1-4-15(5-2)10(3)14-18(16,17)12-8-6-11(13)7-9-12/h6-9H,4-5H2,1-3H3/b14-10-. The molecule has 0 saturated carbocycles. The molecule has 0 bridgehead atoms. The molecule has 0 fully saturated rings. The van der Waals surface area contributed by atoms with E-state index >= 15 is 0 Å². The first-order chi connectivity index (χ1) is 8.40. The zero-order valence-electron chi connectivity index (χ0n) is 10.7. The van der Waals surface area contributed by atoms with E-state index in [4.69, 9.17) is 11.6 Å². The molecule has 0 saturated heterocycles. The predicted octanol–water partition coefficient (Wildman–Crippen LogP) is 2.79. The molecule has 0 heterocycles. The zero-order valence-corrected chi connectivity index (χ0v) is 12.3. The summed E-state index contributed by atoms with van der Waals surface area (Å²) in [5.74, 6) is 0.495. The van der Waals surface area contributed by atoms with E-state index in [1.807, 2.05) is 18.7 Å². The normalized spacial score (nSPS) is 12.6. The van der Waals surface area contributed by atoms with Gasteiger partial charge >= 0.3 is 0 Å². The maximum Gasteiger partial charge on any atom is 0.283 e. The Morgan fingerprint density at radius 2 is 1.72 bits per heavy atom. The second-order valence-electron chi connectivity index (χ2n) is 3.74. The first kappa shape index (κ1) is 15.0. The van der Waals surface area contributed by atoms with Gasteiger partial charge in [0.15, 0.2) is 0 Å². The Labute approximate surface area is 113 Å². The van der Waals surface area contributed by atoms with E-state index in [0.29, 0.717) is 10.9 Å². The van der Waals surface area contributed by atoms with E-state index in [0.717, 1.165) is 13.1 Å². The van der Waals surface area contributed by atoms with Gasteiger partial charge in [0.2, 0.25) is 0 Å². The summed E-state index contributed by atoms with van der Waals surface area (Å²) >= 11 is 5.72. The number of amidine groups is 1. The summed E-state index contributed by atoms with van der Waals surface area (Å²) in [6.07, 6.45) is 0. The van der Waals surface area contributed by atoms with Crippen LogP contribution in [0.2, 0.25) is 5.02 Å². The van der Waals surface area contributed by atoms with Crippen LogP contribution in [0.5, 0.6) is 0 Å². The summed E-state index contributed by atoms with van der Waals surface area (Å²) < 4.78 is 27.9. The van der Waals surface area contributed by atoms with Crippen molar-refractivity contribution in [2.45, 2.75) is 25.7 Å². The van der Waals surface area contributed by atoms with E-state index < -0.39 is 10.0 Å². The summed E-state index contributed by atoms with van der Waals surface area (Å²) in [4.78, 5) is 2.03. The van der Waals surface area contributed by atoms with Crippen LogP contribution >= 0.6 is 11.6 Å². The third-order valence-corrected chi connectivity index (χ3v) is 4.21. The fraction of sp³-hybridized carbons (Fsp3) is 0.417. The second-order valence-corrected chi connectivity index (χ2v) is 5.78. The molecule has 0 radical (unpaired) electrons. The lowest BCUT2D eigenvalue weighted by molar-refractivity contribution is 0.463. The number of rotatable bonds is 4. The van der Waals surface area contributed by atoms with Gasteiger partial charge in [-0.3, -0.25) is 0 Å². The minimum atomic E-state index is -3.65. The molecule has 1 rings (SSSR count). The van der Waals surface area contributed by atoms with Crippen LogP contribution in [-0.4, -0.2) is 32.2 Å². The van der Waals surface area contributed by atoms with Gasteiger partial charge in [0.25, 0.3) is 10.0 Å². The molecule has 4 nitrogen and oxygen atoms in total. The van der Waals surface area contributed by atoms with Crippen LogP contribution in [0, 0.1) is 0 Å². The highest BCUT2D eigenvalue weighted by Gasteiger charge is 2.14. The Bertz CT molecular complexity index is 520. The number of sulfonamides is 1. The number of halogens is 1. The van der Waals surface area contributed by atoms with Crippen LogP contribution in [0.4, 0.5) is 0 Å². The van der Waals surface area contributed by atoms with E-state index in [1.165, 1.54) is 24.3 Å². The Morgan fingerprint density at radius 1 is 1.22 bits per heavy atom. The van der Waals surface area contributed by atoms with Crippen molar-refractivity contribution in [3.05, 3.63) is 29.3 Å². The van der Waals surface area contributed by atoms with Crippen LogP contribution in [0.3, 0.4) is 0 Å². The molecule has 0 amide bonds. The number of benzene rings is 1. The van der Waals surface area contributed by atoms with Gasteiger partial charge in [0.05, 0.1) is 4.90 Å². The van der Waals surface area contributed by atoms with Crippen LogP contribution in [-0.2, 0) is 10.0 Å². The van der Waals surface area contributed by atoms with Gasteiger partial charge in [-0.05, 0) is 45.0 Å². The van der Waals surface area contributed by atoms with Crippen molar-refractivity contribution < 1.29 is 8.42 Å². The topological polar surface area (TPSA) is 49.7 Å². The molecule has 0 spiro atoms. The van der Waals surface area contributed by atoms with E-state index in [2.05, 4.69) is 4.40 Å². The molecule has 0 aliphatic rings. The third-order valence-electron chi connectivity index (χ3n) is 2.58. The number of hydrogen-bond donors (Lipinski definition) is 0. The molecule has 0 atom stereocenters. The van der Waals surface area contributed by atoms with Crippen molar-refractivity contribution >= 4 is 27.5 Å². The maximum absolute atomic E-state index is 12.0. The lowest BCUT2D eigenvalue weighted by Gasteiger charge is -2.19. The van der Waals surface area contributed by atoms with Crippen molar-refractivity contribution in [1.82, 2.24) is 4.90 Å². The highest BCUT2D eigenvalue weighted by Crippen LogP contribution is 2.16.